The smallest absolute Gasteiger partial charge is 0.127 e. The third-order valence-electron chi connectivity index (χ3n) is 3.12. The fourth-order valence-electron chi connectivity index (χ4n) is 1.90. The lowest BCUT2D eigenvalue weighted by molar-refractivity contribution is 0.148. The van der Waals surface area contributed by atoms with Crippen LogP contribution < -0.4 is 5.73 Å². The molecule has 2 N–H and O–H groups in total. The molecule has 4 heteroatoms. The van der Waals surface area contributed by atoms with Crippen LogP contribution in [0.5, 0.6) is 0 Å². The summed E-state index contributed by atoms with van der Waals surface area (Å²) in [5.41, 5.74) is 6.63. The summed E-state index contributed by atoms with van der Waals surface area (Å²) in [6, 6.07) is 6.47. The highest BCUT2D eigenvalue weighted by atomic mass is 19.1. The van der Waals surface area contributed by atoms with Gasteiger partial charge in [0.1, 0.15) is 5.82 Å². The van der Waals surface area contributed by atoms with E-state index in [9.17, 15) is 4.39 Å². The van der Waals surface area contributed by atoms with E-state index in [1.807, 2.05) is 6.07 Å². The van der Waals surface area contributed by atoms with Gasteiger partial charge in [-0.15, -0.1) is 0 Å². The van der Waals surface area contributed by atoms with Gasteiger partial charge in [0.15, 0.2) is 0 Å². The van der Waals surface area contributed by atoms with E-state index in [2.05, 4.69) is 11.8 Å². The van der Waals surface area contributed by atoms with E-state index in [-0.39, 0.29) is 11.9 Å². The molecule has 1 aromatic rings. The summed E-state index contributed by atoms with van der Waals surface area (Å²) in [5.74, 6) is -0.218. The van der Waals surface area contributed by atoms with Crippen LogP contribution in [-0.2, 0) is 4.74 Å². The van der Waals surface area contributed by atoms with Gasteiger partial charge in [-0.1, -0.05) is 25.1 Å². The molecule has 0 heterocycles. The maximum absolute atomic E-state index is 13.5. The van der Waals surface area contributed by atoms with E-state index in [0.717, 1.165) is 26.1 Å². The van der Waals surface area contributed by atoms with Crippen molar-refractivity contribution >= 4 is 0 Å². The highest BCUT2D eigenvalue weighted by molar-refractivity contribution is 5.20. The first-order valence-electron chi connectivity index (χ1n) is 6.40. The largest absolute Gasteiger partial charge is 0.383 e. The summed E-state index contributed by atoms with van der Waals surface area (Å²) < 4.78 is 18.6. The molecule has 1 atom stereocenters. The van der Waals surface area contributed by atoms with E-state index >= 15 is 0 Å². The molecule has 1 unspecified atom stereocenters. The second-order valence-corrected chi connectivity index (χ2v) is 4.34. The number of nitrogens with two attached hydrogens (primary N) is 1. The number of benzene rings is 1. The lowest BCUT2D eigenvalue weighted by Crippen LogP contribution is -2.30. The molecule has 0 aliphatic carbocycles. The van der Waals surface area contributed by atoms with Crippen LogP contribution in [-0.4, -0.2) is 38.3 Å². The van der Waals surface area contributed by atoms with Crippen molar-refractivity contribution in [3.05, 3.63) is 35.6 Å². The average Bonchev–Trinajstić information content (AvgIpc) is 2.39. The van der Waals surface area contributed by atoms with Crippen molar-refractivity contribution < 1.29 is 9.13 Å². The number of nitrogens with zero attached hydrogens (tertiary/aromatic N) is 1. The van der Waals surface area contributed by atoms with Gasteiger partial charge in [-0.25, -0.2) is 4.39 Å². The fraction of sp³-hybridized carbons (Fsp3) is 0.571. The van der Waals surface area contributed by atoms with Gasteiger partial charge in [-0.2, -0.15) is 0 Å². The molecule has 0 spiro atoms. The van der Waals surface area contributed by atoms with E-state index in [0.29, 0.717) is 12.2 Å². The van der Waals surface area contributed by atoms with Gasteiger partial charge in [0, 0.05) is 31.8 Å². The van der Waals surface area contributed by atoms with E-state index < -0.39 is 0 Å². The van der Waals surface area contributed by atoms with Gasteiger partial charge in [-0.3, -0.25) is 0 Å². The van der Waals surface area contributed by atoms with Gasteiger partial charge in [0.25, 0.3) is 0 Å². The predicted octanol–water partition coefficient (Wildman–Crippen LogP) is 2.18. The molecule has 0 aromatic heterocycles. The topological polar surface area (TPSA) is 38.5 Å². The number of hydrogen-bond donors (Lipinski definition) is 1. The molecule has 0 saturated carbocycles. The summed E-state index contributed by atoms with van der Waals surface area (Å²) in [7, 11) is 1.69. The van der Waals surface area contributed by atoms with Crippen molar-refractivity contribution in [3.63, 3.8) is 0 Å². The zero-order valence-corrected chi connectivity index (χ0v) is 11.2. The molecule has 1 rings (SSSR count). The fourth-order valence-corrected chi connectivity index (χ4v) is 1.90. The molecule has 18 heavy (non-hydrogen) atoms. The molecule has 0 fully saturated rings. The molecular formula is C14H23FN2O. The highest BCUT2D eigenvalue weighted by Gasteiger charge is 2.12. The maximum atomic E-state index is 13.5. The van der Waals surface area contributed by atoms with Crippen LogP contribution >= 0.6 is 0 Å². The van der Waals surface area contributed by atoms with Gasteiger partial charge in [0.05, 0.1) is 6.61 Å². The van der Waals surface area contributed by atoms with Crippen molar-refractivity contribution in [1.29, 1.82) is 0 Å². The van der Waals surface area contributed by atoms with E-state index in [1.54, 1.807) is 19.2 Å². The molecule has 0 aliphatic heterocycles. The zero-order valence-electron chi connectivity index (χ0n) is 11.2. The Morgan fingerprint density at radius 1 is 1.33 bits per heavy atom. The minimum Gasteiger partial charge on any atom is -0.383 e. The maximum Gasteiger partial charge on any atom is 0.127 e. The van der Waals surface area contributed by atoms with Gasteiger partial charge >= 0.3 is 0 Å². The summed E-state index contributed by atoms with van der Waals surface area (Å²) >= 11 is 0. The van der Waals surface area contributed by atoms with Crippen LogP contribution in [0.3, 0.4) is 0 Å². The standard InChI is InChI=1S/C14H23FN2O/c1-3-17(10-11-18-2)9-8-14(16)12-6-4-5-7-13(12)15/h4-7,14H,3,8-11,16H2,1-2H3. The molecule has 102 valence electrons. The lowest BCUT2D eigenvalue weighted by Gasteiger charge is -2.22. The van der Waals surface area contributed by atoms with Crippen LogP contribution in [0.25, 0.3) is 0 Å². The minimum absolute atomic E-state index is 0.218. The van der Waals surface area contributed by atoms with E-state index in [1.165, 1.54) is 6.07 Å². The molecular weight excluding hydrogens is 231 g/mol. The number of likely N-dealkylation sites (N-methyl/N-ethyl adjacent to an activating group) is 1. The van der Waals surface area contributed by atoms with Crippen molar-refractivity contribution in [1.82, 2.24) is 4.90 Å². The molecule has 3 nitrogen and oxygen atoms in total. The number of methoxy groups -OCH3 is 1. The normalized spacial score (nSPS) is 12.9. The Balaban J connectivity index is 2.44. The van der Waals surface area contributed by atoms with Crippen LogP contribution in [0.4, 0.5) is 4.39 Å². The Morgan fingerprint density at radius 2 is 2.06 bits per heavy atom. The third kappa shape index (κ3) is 4.72. The Hall–Kier alpha value is -0.970. The number of hydrogen-bond acceptors (Lipinski definition) is 3. The van der Waals surface area contributed by atoms with Gasteiger partial charge < -0.3 is 15.4 Å². The molecule has 0 bridgehead atoms. The number of ether oxygens (including phenoxy) is 1. The van der Waals surface area contributed by atoms with Gasteiger partial charge in [-0.05, 0) is 19.0 Å². The SMILES string of the molecule is CCN(CCOC)CCC(N)c1ccccc1F. The second-order valence-electron chi connectivity index (χ2n) is 4.34. The van der Waals surface area contributed by atoms with E-state index in [4.69, 9.17) is 10.5 Å². The first-order valence-corrected chi connectivity index (χ1v) is 6.40. The third-order valence-corrected chi connectivity index (χ3v) is 3.12. The Kier molecular flexibility index (Phi) is 6.86. The molecule has 0 saturated heterocycles. The molecule has 0 aliphatic rings. The summed E-state index contributed by atoms with van der Waals surface area (Å²) in [5, 5.41) is 0. The van der Waals surface area contributed by atoms with Crippen molar-refractivity contribution in [2.45, 2.75) is 19.4 Å². The Bertz CT molecular complexity index is 346. The number of rotatable bonds is 8. The first kappa shape index (κ1) is 15.1. The van der Waals surface area contributed by atoms with Crippen molar-refractivity contribution in [2.75, 3.05) is 33.4 Å². The van der Waals surface area contributed by atoms with Crippen LogP contribution in [0.2, 0.25) is 0 Å². The van der Waals surface area contributed by atoms with Crippen molar-refractivity contribution in [2.24, 2.45) is 5.73 Å². The Morgan fingerprint density at radius 3 is 2.67 bits per heavy atom. The first-order chi connectivity index (χ1) is 8.69. The summed E-state index contributed by atoms with van der Waals surface area (Å²) in [4.78, 5) is 2.25. The highest BCUT2D eigenvalue weighted by Crippen LogP contribution is 2.17. The quantitative estimate of drug-likeness (QED) is 0.773. The lowest BCUT2D eigenvalue weighted by atomic mass is 10.0. The molecule has 0 radical (unpaired) electrons. The van der Waals surface area contributed by atoms with Crippen LogP contribution in [0.1, 0.15) is 24.9 Å². The molecule has 0 amide bonds. The average molecular weight is 254 g/mol. The zero-order chi connectivity index (χ0) is 13.4. The monoisotopic (exact) mass is 254 g/mol. The van der Waals surface area contributed by atoms with Crippen LogP contribution in [0, 0.1) is 5.82 Å². The molecule has 1 aromatic carbocycles. The number of halogens is 1. The van der Waals surface area contributed by atoms with Crippen molar-refractivity contribution in [3.8, 4) is 0 Å². The Labute approximate surface area is 109 Å². The van der Waals surface area contributed by atoms with Crippen LogP contribution in [0.15, 0.2) is 24.3 Å². The minimum atomic E-state index is -0.247. The van der Waals surface area contributed by atoms with Gasteiger partial charge in [0.2, 0.25) is 0 Å². The summed E-state index contributed by atoms with van der Waals surface area (Å²) in [6.07, 6.45) is 0.748. The summed E-state index contributed by atoms with van der Waals surface area (Å²) in [6.45, 7) is 5.51. The predicted molar refractivity (Wildman–Crippen MR) is 71.9 cm³/mol. The second kappa shape index (κ2) is 8.19.